The van der Waals surface area contributed by atoms with Crippen LogP contribution >= 0.6 is 23.1 Å². The van der Waals surface area contributed by atoms with Crippen molar-refractivity contribution in [3.05, 3.63) is 53.0 Å². The molecule has 3 aromatic rings. The smallest absolute Gasteiger partial charge is 0.251 e. The minimum absolute atomic E-state index is 0.0316. The van der Waals surface area contributed by atoms with Gasteiger partial charge in [0.05, 0.1) is 26.7 Å². The first-order valence-corrected chi connectivity index (χ1v) is 10.2. The summed E-state index contributed by atoms with van der Waals surface area (Å²) in [4.78, 5) is 29.4. The number of para-hydroxylation sites is 1. The number of nitrogens with zero attached hydrogens (tertiary/aromatic N) is 1. The number of hydrogen-bond acceptors (Lipinski definition) is 5. The van der Waals surface area contributed by atoms with Crippen LogP contribution in [0.5, 0.6) is 0 Å². The summed E-state index contributed by atoms with van der Waals surface area (Å²) in [7, 11) is 0. The van der Waals surface area contributed by atoms with E-state index in [9.17, 15) is 9.59 Å². The van der Waals surface area contributed by atoms with E-state index in [4.69, 9.17) is 0 Å². The Balaban J connectivity index is 1.31. The molecule has 2 amide bonds. The Morgan fingerprint density at radius 1 is 1.23 bits per heavy atom. The van der Waals surface area contributed by atoms with Crippen molar-refractivity contribution >= 4 is 50.8 Å². The topological polar surface area (TPSA) is 71.1 Å². The maximum atomic E-state index is 12.3. The van der Waals surface area contributed by atoms with Crippen molar-refractivity contribution in [3.63, 3.8) is 0 Å². The predicted octanol–water partition coefficient (Wildman–Crippen LogP) is 3.70. The van der Waals surface area contributed by atoms with Gasteiger partial charge in [0.15, 0.2) is 0 Å². The van der Waals surface area contributed by atoms with Crippen molar-refractivity contribution in [1.82, 2.24) is 10.3 Å². The molecule has 1 aromatic heterocycles. The minimum Gasteiger partial charge on any atom is -0.352 e. The van der Waals surface area contributed by atoms with Gasteiger partial charge < -0.3 is 10.6 Å². The molecule has 0 bridgehead atoms. The van der Waals surface area contributed by atoms with Crippen molar-refractivity contribution in [2.45, 2.75) is 17.7 Å². The van der Waals surface area contributed by atoms with Gasteiger partial charge in [0.25, 0.3) is 5.91 Å². The lowest BCUT2D eigenvalue weighted by Crippen LogP contribution is -2.25. The Morgan fingerprint density at radius 3 is 3.00 bits per heavy atom. The molecule has 0 unspecified atom stereocenters. The van der Waals surface area contributed by atoms with E-state index in [-0.39, 0.29) is 11.8 Å². The summed E-state index contributed by atoms with van der Waals surface area (Å²) in [6.45, 7) is 0.590. The summed E-state index contributed by atoms with van der Waals surface area (Å²) in [6, 6.07) is 13.5. The number of rotatable bonds is 5. The number of benzene rings is 2. The number of amides is 2. The molecule has 0 radical (unpaired) electrons. The van der Waals surface area contributed by atoms with E-state index >= 15 is 0 Å². The fraction of sp³-hybridized carbons (Fsp3) is 0.211. The summed E-state index contributed by atoms with van der Waals surface area (Å²) in [5.41, 5.74) is 2.31. The third-order valence-electron chi connectivity index (χ3n) is 4.07. The minimum atomic E-state index is -0.123. The van der Waals surface area contributed by atoms with E-state index in [1.54, 1.807) is 23.5 Å². The van der Waals surface area contributed by atoms with Gasteiger partial charge in [-0.25, -0.2) is 4.98 Å². The van der Waals surface area contributed by atoms with Crippen molar-refractivity contribution in [2.24, 2.45) is 0 Å². The maximum absolute atomic E-state index is 12.3. The molecule has 2 aromatic carbocycles. The fourth-order valence-electron chi connectivity index (χ4n) is 2.79. The molecule has 0 saturated carbocycles. The average Bonchev–Trinajstić information content (AvgIpc) is 3.07. The van der Waals surface area contributed by atoms with Crippen LogP contribution in [0.3, 0.4) is 0 Å². The van der Waals surface area contributed by atoms with E-state index in [1.165, 1.54) is 16.5 Å². The lowest BCUT2D eigenvalue weighted by atomic mass is 10.1. The molecule has 132 valence electrons. The van der Waals surface area contributed by atoms with E-state index in [1.807, 2.05) is 24.3 Å². The molecule has 26 heavy (non-hydrogen) atoms. The lowest BCUT2D eigenvalue weighted by Gasteiger charge is -2.16. The van der Waals surface area contributed by atoms with Gasteiger partial charge in [-0.2, -0.15) is 0 Å². The number of carbonyl (C=O) groups excluding carboxylic acids is 2. The van der Waals surface area contributed by atoms with Crippen LogP contribution in [0.4, 0.5) is 5.69 Å². The van der Waals surface area contributed by atoms with Crippen LogP contribution in [0.25, 0.3) is 10.2 Å². The summed E-state index contributed by atoms with van der Waals surface area (Å²) < 4.78 is 1.19. The monoisotopic (exact) mass is 383 g/mol. The number of aromatic nitrogens is 1. The summed E-state index contributed by atoms with van der Waals surface area (Å²) in [5.74, 6) is 0.266. The molecule has 4 rings (SSSR count). The van der Waals surface area contributed by atoms with Crippen LogP contribution in [0.1, 0.15) is 21.8 Å². The Morgan fingerprint density at radius 2 is 2.12 bits per heavy atom. The van der Waals surface area contributed by atoms with Gasteiger partial charge >= 0.3 is 0 Å². The molecule has 0 atom stereocenters. The fourth-order valence-corrected chi connectivity index (χ4v) is 4.59. The summed E-state index contributed by atoms with van der Waals surface area (Å²) in [6.07, 6.45) is 1.68. The highest BCUT2D eigenvalue weighted by Gasteiger charge is 2.17. The predicted molar refractivity (Wildman–Crippen MR) is 106 cm³/mol. The van der Waals surface area contributed by atoms with E-state index < -0.39 is 0 Å². The molecule has 2 heterocycles. The Bertz CT molecular complexity index is 951. The van der Waals surface area contributed by atoms with E-state index in [2.05, 4.69) is 21.7 Å². The Hall–Kier alpha value is -2.38. The first kappa shape index (κ1) is 17.1. The second-order valence-corrected chi connectivity index (χ2v) is 8.11. The van der Waals surface area contributed by atoms with Gasteiger partial charge in [-0.3, -0.25) is 9.59 Å². The van der Waals surface area contributed by atoms with Crippen LogP contribution < -0.4 is 10.6 Å². The molecule has 0 saturated heterocycles. The van der Waals surface area contributed by atoms with Crippen molar-refractivity contribution in [2.75, 3.05) is 17.6 Å². The highest BCUT2D eigenvalue weighted by atomic mass is 32.2. The average molecular weight is 383 g/mol. The molecular formula is C19H17N3O2S2. The zero-order valence-electron chi connectivity index (χ0n) is 14.0. The molecule has 0 spiro atoms. The normalized spacial score (nSPS) is 13.3. The lowest BCUT2D eigenvalue weighted by molar-refractivity contribution is -0.113. The van der Waals surface area contributed by atoms with Crippen LogP contribution in [0.15, 0.2) is 47.4 Å². The third kappa shape index (κ3) is 3.73. The number of hydrogen-bond donors (Lipinski definition) is 2. The van der Waals surface area contributed by atoms with Crippen molar-refractivity contribution in [3.8, 4) is 0 Å². The molecule has 1 aliphatic heterocycles. The SMILES string of the molecule is O=C1CSc2ccc(C(=O)NCCCc3nc4ccccc4s3)cc2N1. The van der Waals surface area contributed by atoms with Gasteiger partial charge in [0, 0.05) is 23.4 Å². The molecule has 1 aliphatic rings. The van der Waals surface area contributed by atoms with Gasteiger partial charge in [0.2, 0.25) is 5.91 Å². The first-order valence-electron chi connectivity index (χ1n) is 8.38. The number of thioether (sulfide) groups is 1. The first-order chi connectivity index (χ1) is 12.7. The van der Waals surface area contributed by atoms with Gasteiger partial charge in [-0.05, 0) is 36.8 Å². The van der Waals surface area contributed by atoms with E-state index in [0.717, 1.165) is 28.3 Å². The van der Waals surface area contributed by atoms with Crippen LogP contribution in [-0.4, -0.2) is 29.1 Å². The van der Waals surface area contributed by atoms with Crippen LogP contribution in [-0.2, 0) is 11.2 Å². The third-order valence-corrected chi connectivity index (χ3v) is 6.24. The van der Waals surface area contributed by atoms with Gasteiger partial charge in [-0.15, -0.1) is 23.1 Å². The maximum Gasteiger partial charge on any atom is 0.251 e. The molecule has 2 N–H and O–H groups in total. The summed E-state index contributed by atoms with van der Waals surface area (Å²) >= 11 is 3.19. The second kappa shape index (κ2) is 7.47. The Kier molecular flexibility index (Phi) is 4.90. The quantitative estimate of drug-likeness (QED) is 0.659. The molecule has 5 nitrogen and oxygen atoms in total. The Labute approximate surface area is 159 Å². The second-order valence-electron chi connectivity index (χ2n) is 5.98. The van der Waals surface area contributed by atoms with Gasteiger partial charge in [0.1, 0.15) is 0 Å². The number of thiazole rings is 1. The molecule has 0 fully saturated rings. The van der Waals surface area contributed by atoms with Crippen LogP contribution in [0, 0.1) is 0 Å². The molecule has 0 aliphatic carbocycles. The number of nitrogens with one attached hydrogen (secondary N) is 2. The van der Waals surface area contributed by atoms with E-state index in [0.29, 0.717) is 23.5 Å². The zero-order chi connectivity index (χ0) is 17.9. The zero-order valence-corrected chi connectivity index (χ0v) is 15.6. The largest absolute Gasteiger partial charge is 0.352 e. The number of anilines is 1. The number of fused-ring (bicyclic) bond motifs is 2. The molecular weight excluding hydrogens is 366 g/mol. The van der Waals surface area contributed by atoms with Crippen molar-refractivity contribution in [1.29, 1.82) is 0 Å². The van der Waals surface area contributed by atoms with Gasteiger partial charge in [-0.1, -0.05) is 12.1 Å². The number of carbonyl (C=O) groups is 2. The number of aryl methyl sites for hydroxylation is 1. The van der Waals surface area contributed by atoms with Crippen LogP contribution in [0.2, 0.25) is 0 Å². The standard InChI is InChI=1S/C19H17N3O2S2/c23-17-11-25-15-8-7-12(10-14(15)21-17)19(24)20-9-3-6-18-22-13-4-1-2-5-16(13)26-18/h1-2,4-5,7-8,10H,3,6,9,11H2,(H,20,24)(H,21,23). The van der Waals surface area contributed by atoms with Crippen molar-refractivity contribution < 1.29 is 9.59 Å². The highest BCUT2D eigenvalue weighted by molar-refractivity contribution is 8.00. The molecule has 7 heteroatoms. The highest BCUT2D eigenvalue weighted by Crippen LogP contribution is 2.31. The summed E-state index contributed by atoms with van der Waals surface area (Å²) in [5, 5.41) is 6.84.